The summed E-state index contributed by atoms with van der Waals surface area (Å²) < 4.78 is 6.28. The molecule has 0 aromatic heterocycles. The average Bonchev–Trinajstić information content (AvgIpc) is 2.75. The van der Waals surface area contributed by atoms with Crippen molar-refractivity contribution in [1.82, 2.24) is 10.9 Å². The summed E-state index contributed by atoms with van der Waals surface area (Å²) in [5, 5.41) is 0. The van der Waals surface area contributed by atoms with Crippen molar-refractivity contribution < 1.29 is 14.3 Å². The van der Waals surface area contributed by atoms with E-state index in [1.165, 1.54) is 0 Å². The smallest absolute Gasteiger partial charge is 0.345 e. The van der Waals surface area contributed by atoms with E-state index in [2.05, 4.69) is 26.8 Å². The minimum Gasteiger partial charge on any atom is -0.483 e. The Labute approximate surface area is 186 Å². The van der Waals surface area contributed by atoms with Gasteiger partial charge in [-0.05, 0) is 64.8 Å². The van der Waals surface area contributed by atoms with E-state index in [0.717, 1.165) is 31.2 Å². The number of carbonyl (C=O) groups is 2. The summed E-state index contributed by atoms with van der Waals surface area (Å²) in [5.74, 6) is 0.0850. The van der Waals surface area contributed by atoms with E-state index in [9.17, 15) is 9.59 Å². The molecule has 8 heteroatoms. The maximum atomic E-state index is 12.9. The summed E-state index contributed by atoms with van der Waals surface area (Å²) in [5.41, 5.74) is 7.49. The van der Waals surface area contributed by atoms with Crippen molar-refractivity contribution in [3.63, 3.8) is 0 Å². The second kappa shape index (κ2) is 8.81. The third-order valence-electron chi connectivity index (χ3n) is 4.39. The van der Waals surface area contributed by atoms with Gasteiger partial charge in [0.05, 0.1) is 15.8 Å². The van der Waals surface area contributed by atoms with Gasteiger partial charge in [0, 0.05) is 9.79 Å². The van der Waals surface area contributed by atoms with Gasteiger partial charge in [0.1, 0.15) is 5.75 Å². The summed E-state index contributed by atoms with van der Waals surface area (Å²) in [6.45, 7) is 1.73. The lowest BCUT2D eigenvalue weighted by atomic mass is 10.2. The van der Waals surface area contributed by atoms with E-state index in [1.54, 1.807) is 22.7 Å². The van der Waals surface area contributed by atoms with E-state index in [-0.39, 0.29) is 6.61 Å². The molecule has 2 N–H and O–H groups in total. The number of ether oxygens (including phenoxy) is 1. The number of hydrazine groups is 1. The molecule has 3 amide bonds. The minimum atomic E-state index is -0.469. The maximum Gasteiger partial charge on any atom is 0.345 e. The Hall–Kier alpha value is -2.97. The van der Waals surface area contributed by atoms with Crippen LogP contribution in [0.15, 0.2) is 81.0 Å². The Morgan fingerprint density at radius 2 is 1.60 bits per heavy atom. The van der Waals surface area contributed by atoms with Crippen molar-refractivity contribution in [2.75, 3.05) is 11.5 Å². The Morgan fingerprint density at radius 3 is 2.23 bits per heavy atom. The zero-order chi connectivity index (χ0) is 21.1. The quantitative estimate of drug-likeness (QED) is 0.503. The van der Waals surface area contributed by atoms with Crippen molar-refractivity contribution in [1.29, 1.82) is 0 Å². The third-order valence-corrected chi connectivity index (χ3v) is 6.14. The molecule has 4 rings (SSSR count). The zero-order valence-electron chi connectivity index (χ0n) is 16.0. The first-order valence-corrected chi connectivity index (χ1v) is 10.8. The first-order chi connectivity index (χ1) is 14.5. The fourth-order valence-corrected chi connectivity index (χ4v) is 4.67. The first kappa shape index (κ1) is 20.3. The van der Waals surface area contributed by atoms with Crippen molar-refractivity contribution in [2.24, 2.45) is 0 Å². The van der Waals surface area contributed by atoms with Crippen LogP contribution in [0.5, 0.6) is 5.75 Å². The van der Waals surface area contributed by atoms with Crippen molar-refractivity contribution in [2.45, 2.75) is 16.7 Å². The van der Waals surface area contributed by atoms with Gasteiger partial charge < -0.3 is 4.74 Å². The standard InChI is InChI=1S/C22H18BrN3O3S/c1-14-10-11-18(15(23)12-14)29-13-21(27)24-25-22(28)26-16-6-2-4-8-19(16)30-20-9-5-3-7-17(20)26/h2-12H,13H2,1H3,(H,24,27)(H,25,28). The maximum absolute atomic E-state index is 12.9. The molecule has 0 fully saturated rings. The van der Waals surface area contributed by atoms with Gasteiger partial charge in [0.15, 0.2) is 6.61 Å². The highest BCUT2D eigenvalue weighted by Gasteiger charge is 2.28. The Balaban J connectivity index is 1.42. The number of anilines is 2. The largest absolute Gasteiger partial charge is 0.483 e. The molecule has 0 atom stereocenters. The predicted octanol–water partition coefficient (Wildman–Crippen LogP) is 5.18. The number of benzene rings is 3. The van der Waals surface area contributed by atoms with E-state index >= 15 is 0 Å². The number of urea groups is 1. The van der Waals surface area contributed by atoms with Gasteiger partial charge >= 0.3 is 6.03 Å². The van der Waals surface area contributed by atoms with Crippen LogP contribution in [0.1, 0.15) is 5.56 Å². The second-order valence-electron chi connectivity index (χ2n) is 6.57. The van der Waals surface area contributed by atoms with E-state index in [1.807, 2.05) is 67.6 Å². The summed E-state index contributed by atoms with van der Waals surface area (Å²) in [6, 6.07) is 20.4. The number of para-hydroxylation sites is 2. The van der Waals surface area contributed by atoms with Gasteiger partial charge in [-0.25, -0.2) is 10.2 Å². The van der Waals surface area contributed by atoms with Crippen LogP contribution in [0.4, 0.5) is 16.2 Å². The molecule has 0 radical (unpaired) electrons. The zero-order valence-corrected chi connectivity index (χ0v) is 18.4. The van der Waals surface area contributed by atoms with Crippen LogP contribution in [-0.2, 0) is 4.79 Å². The molecule has 0 spiro atoms. The molecular weight excluding hydrogens is 466 g/mol. The van der Waals surface area contributed by atoms with Crippen LogP contribution in [0.25, 0.3) is 0 Å². The number of rotatable bonds is 3. The number of aryl methyl sites for hydroxylation is 1. The van der Waals surface area contributed by atoms with Crippen LogP contribution < -0.4 is 20.5 Å². The van der Waals surface area contributed by atoms with Crippen LogP contribution >= 0.6 is 27.7 Å². The van der Waals surface area contributed by atoms with Crippen LogP contribution in [0.2, 0.25) is 0 Å². The highest BCUT2D eigenvalue weighted by atomic mass is 79.9. The molecule has 0 unspecified atom stereocenters. The van der Waals surface area contributed by atoms with Gasteiger partial charge in [0.2, 0.25) is 0 Å². The Morgan fingerprint density at radius 1 is 0.967 bits per heavy atom. The Bertz CT molecular complexity index is 1080. The highest BCUT2D eigenvalue weighted by Crippen LogP contribution is 2.47. The lowest BCUT2D eigenvalue weighted by Crippen LogP contribution is -2.49. The van der Waals surface area contributed by atoms with E-state index in [0.29, 0.717) is 5.75 Å². The number of halogens is 1. The lowest BCUT2D eigenvalue weighted by molar-refractivity contribution is -0.123. The molecule has 0 bridgehead atoms. The fraction of sp³-hybridized carbons (Fsp3) is 0.0909. The predicted molar refractivity (Wildman–Crippen MR) is 120 cm³/mol. The molecule has 30 heavy (non-hydrogen) atoms. The molecule has 152 valence electrons. The summed E-state index contributed by atoms with van der Waals surface area (Å²) in [6.07, 6.45) is 0. The fourth-order valence-electron chi connectivity index (χ4n) is 3.00. The summed E-state index contributed by atoms with van der Waals surface area (Å²) in [4.78, 5) is 28.6. The minimum absolute atomic E-state index is 0.231. The topological polar surface area (TPSA) is 70.7 Å². The van der Waals surface area contributed by atoms with Crippen molar-refractivity contribution in [3.05, 3.63) is 76.8 Å². The van der Waals surface area contributed by atoms with Crippen LogP contribution in [-0.4, -0.2) is 18.5 Å². The monoisotopic (exact) mass is 483 g/mol. The number of fused-ring (bicyclic) bond motifs is 2. The normalized spacial score (nSPS) is 11.9. The van der Waals surface area contributed by atoms with Gasteiger partial charge in [-0.1, -0.05) is 42.1 Å². The number of nitrogens with one attached hydrogen (secondary N) is 2. The SMILES string of the molecule is Cc1ccc(OCC(=O)NNC(=O)N2c3ccccc3Sc3ccccc32)c(Br)c1. The first-order valence-electron chi connectivity index (χ1n) is 9.17. The molecule has 0 aliphatic carbocycles. The molecule has 3 aromatic rings. The summed E-state index contributed by atoms with van der Waals surface area (Å²) in [7, 11) is 0. The van der Waals surface area contributed by atoms with Crippen LogP contribution in [0.3, 0.4) is 0 Å². The molecule has 6 nitrogen and oxygen atoms in total. The lowest BCUT2D eigenvalue weighted by Gasteiger charge is -2.30. The highest BCUT2D eigenvalue weighted by molar-refractivity contribution is 9.10. The van der Waals surface area contributed by atoms with E-state index < -0.39 is 11.9 Å². The molecule has 1 heterocycles. The third kappa shape index (κ3) is 4.29. The van der Waals surface area contributed by atoms with Crippen LogP contribution in [0, 0.1) is 6.92 Å². The van der Waals surface area contributed by atoms with Gasteiger partial charge in [-0.3, -0.25) is 15.1 Å². The van der Waals surface area contributed by atoms with Gasteiger partial charge in [-0.2, -0.15) is 0 Å². The number of amides is 3. The molecule has 1 aliphatic heterocycles. The summed E-state index contributed by atoms with van der Waals surface area (Å²) >= 11 is 5.01. The van der Waals surface area contributed by atoms with Gasteiger partial charge in [0.25, 0.3) is 5.91 Å². The van der Waals surface area contributed by atoms with E-state index in [4.69, 9.17) is 4.74 Å². The molecule has 0 saturated carbocycles. The number of hydrogen-bond acceptors (Lipinski definition) is 4. The molecule has 3 aromatic carbocycles. The number of nitrogens with zero attached hydrogens (tertiary/aromatic N) is 1. The second-order valence-corrected chi connectivity index (χ2v) is 8.51. The average molecular weight is 484 g/mol. The molecule has 1 aliphatic rings. The van der Waals surface area contributed by atoms with Gasteiger partial charge in [-0.15, -0.1) is 0 Å². The molecule has 0 saturated heterocycles. The Kier molecular flexibility index (Phi) is 5.96. The molecular formula is C22H18BrN3O3S. The van der Waals surface area contributed by atoms with Crippen molar-refractivity contribution in [3.8, 4) is 5.75 Å². The number of carbonyl (C=O) groups excluding carboxylic acids is 2. The number of hydrogen-bond donors (Lipinski definition) is 2. The van der Waals surface area contributed by atoms with Crippen molar-refractivity contribution >= 4 is 51.0 Å².